The number of piperidine rings is 3. The molecule has 254 valence electrons. The van der Waals surface area contributed by atoms with Gasteiger partial charge in [0.05, 0.1) is 13.0 Å². The second kappa shape index (κ2) is 14.0. The monoisotopic (exact) mass is 683 g/mol. The minimum atomic E-state index is -1.22. The fourth-order valence-electron chi connectivity index (χ4n) is 9.10. The SMILES string of the molecule is Cc1c(Cl)cc(C[N@+]2(C(=O)[O-])CCC(N3CCc4ccccc4NC3=O)CC2(CC=O)N2CCC(C3CCN(C)CC3)CC2)cc1Cl. The summed E-state index contributed by atoms with van der Waals surface area (Å²) >= 11 is 13.1. The van der Waals surface area contributed by atoms with Crippen molar-refractivity contribution in [3.63, 3.8) is 0 Å². The molecule has 1 N–H and O–H groups in total. The van der Waals surface area contributed by atoms with Gasteiger partial charge in [-0.25, -0.2) is 4.79 Å². The topological polar surface area (TPSA) is 96.0 Å². The Morgan fingerprint density at radius 2 is 1.66 bits per heavy atom. The Morgan fingerprint density at radius 3 is 2.30 bits per heavy atom. The van der Waals surface area contributed by atoms with E-state index in [9.17, 15) is 19.5 Å². The van der Waals surface area contributed by atoms with Gasteiger partial charge in [-0.3, -0.25) is 9.38 Å². The molecule has 3 amide bonds. The number of quaternary nitrogens is 1. The molecular formula is C36H47Cl2N5O4. The molecule has 6 rings (SSSR count). The first-order valence-corrected chi connectivity index (χ1v) is 17.9. The molecule has 0 radical (unpaired) electrons. The second-order valence-corrected chi connectivity index (χ2v) is 15.1. The number of hydrogen-bond acceptors (Lipinski definition) is 6. The summed E-state index contributed by atoms with van der Waals surface area (Å²) < 4.78 is -0.438. The number of fused-ring (bicyclic) bond motifs is 1. The number of benzene rings is 2. The highest BCUT2D eigenvalue weighted by molar-refractivity contribution is 6.36. The van der Waals surface area contributed by atoms with E-state index in [-0.39, 0.29) is 31.6 Å². The van der Waals surface area contributed by atoms with E-state index in [1.54, 1.807) is 12.1 Å². The van der Waals surface area contributed by atoms with E-state index in [0.29, 0.717) is 66.3 Å². The number of urea groups is 1. The maximum Gasteiger partial charge on any atom is 0.322 e. The number of para-hydroxylation sites is 1. The Morgan fingerprint density at radius 1 is 1.02 bits per heavy atom. The molecule has 3 saturated heterocycles. The van der Waals surface area contributed by atoms with Crippen molar-refractivity contribution in [1.29, 1.82) is 0 Å². The molecular weight excluding hydrogens is 637 g/mol. The van der Waals surface area contributed by atoms with E-state index in [1.165, 1.54) is 12.8 Å². The second-order valence-electron chi connectivity index (χ2n) is 14.3. The number of carbonyl (C=O) groups is 3. The molecule has 3 atom stereocenters. The number of aldehydes is 1. The number of rotatable bonds is 7. The maximum absolute atomic E-state index is 13.7. The number of hydrogen-bond donors (Lipinski definition) is 1. The zero-order chi connectivity index (χ0) is 33.3. The first-order valence-electron chi connectivity index (χ1n) is 17.1. The molecule has 0 aliphatic carbocycles. The largest absolute Gasteiger partial charge is 0.498 e. The van der Waals surface area contributed by atoms with Gasteiger partial charge in [-0.2, -0.15) is 0 Å². The van der Waals surface area contributed by atoms with Crippen LogP contribution < -0.4 is 10.4 Å². The average molecular weight is 685 g/mol. The third-order valence-electron chi connectivity index (χ3n) is 11.9. The first-order chi connectivity index (χ1) is 22.6. The summed E-state index contributed by atoms with van der Waals surface area (Å²) in [6, 6.07) is 11.0. The number of likely N-dealkylation sites (tertiary alicyclic amines) is 3. The summed E-state index contributed by atoms with van der Waals surface area (Å²) in [6.45, 7) is 6.22. The van der Waals surface area contributed by atoms with Gasteiger partial charge < -0.3 is 29.8 Å². The summed E-state index contributed by atoms with van der Waals surface area (Å²) in [5, 5.41) is 17.7. The van der Waals surface area contributed by atoms with Crippen molar-refractivity contribution in [2.75, 3.05) is 51.6 Å². The quantitative estimate of drug-likeness (QED) is 0.304. The zero-order valence-electron chi connectivity index (χ0n) is 27.6. The average Bonchev–Trinajstić information content (AvgIpc) is 3.23. The Kier molecular flexibility index (Phi) is 10.2. The van der Waals surface area contributed by atoms with Gasteiger partial charge in [0, 0.05) is 59.8 Å². The molecule has 47 heavy (non-hydrogen) atoms. The van der Waals surface area contributed by atoms with Crippen molar-refractivity contribution in [3.05, 3.63) is 63.1 Å². The van der Waals surface area contributed by atoms with Gasteiger partial charge in [0.1, 0.15) is 12.8 Å². The number of anilines is 1. The van der Waals surface area contributed by atoms with E-state index in [4.69, 9.17) is 23.2 Å². The molecule has 4 heterocycles. The smallest absolute Gasteiger partial charge is 0.322 e. The Hall–Kier alpha value is -2.69. The summed E-state index contributed by atoms with van der Waals surface area (Å²) in [4.78, 5) is 46.7. The summed E-state index contributed by atoms with van der Waals surface area (Å²) in [5.41, 5.74) is 2.18. The van der Waals surface area contributed by atoms with E-state index < -0.39 is 16.2 Å². The molecule has 3 fully saturated rings. The van der Waals surface area contributed by atoms with Crippen LogP contribution in [0.15, 0.2) is 36.4 Å². The molecule has 9 nitrogen and oxygen atoms in total. The normalized spacial score (nSPS) is 28.4. The van der Waals surface area contributed by atoms with Crippen LogP contribution in [0.3, 0.4) is 0 Å². The van der Waals surface area contributed by atoms with Crippen molar-refractivity contribution < 1.29 is 24.0 Å². The van der Waals surface area contributed by atoms with Crippen molar-refractivity contribution in [2.24, 2.45) is 11.8 Å². The van der Waals surface area contributed by atoms with Crippen molar-refractivity contribution in [1.82, 2.24) is 14.7 Å². The first kappa shape index (κ1) is 34.2. The summed E-state index contributed by atoms with van der Waals surface area (Å²) in [6.07, 6.45) is 5.43. The third kappa shape index (κ3) is 6.54. The van der Waals surface area contributed by atoms with Crippen LogP contribution in [-0.4, -0.2) is 95.6 Å². The van der Waals surface area contributed by atoms with Gasteiger partial charge in [0.25, 0.3) is 6.09 Å². The lowest BCUT2D eigenvalue weighted by Gasteiger charge is -2.62. The maximum atomic E-state index is 13.7. The number of carbonyl (C=O) groups excluding carboxylic acids is 3. The van der Waals surface area contributed by atoms with Gasteiger partial charge in [-0.1, -0.05) is 41.4 Å². The Balaban J connectivity index is 1.36. The van der Waals surface area contributed by atoms with E-state index in [1.807, 2.05) is 36.1 Å². The number of nitrogens with zero attached hydrogens (tertiary/aromatic N) is 4. The molecule has 0 saturated carbocycles. The molecule has 4 aliphatic rings. The Bertz CT molecular complexity index is 1470. The number of halogens is 2. The van der Waals surface area contributed by atoms with Gasteiger partial charge in [0.2, 0.25) is 0 Å². The highest BCUT2D eigenvalue weighted by Crippen LogP contribution is 2.47. The molecule has 0 spiro atoms. The predicted octanol–water partition coefficient (Wildman–Crippen LogP) is 5.55. The van der Waals surface area contributed by atoms with Crippen molar-refractivity contribution in [2.45, 2.75) is 76.5 Å². The fraction of sp³-hybridized carbons (Fsp3) is 0.583. The van der Waals surface area contributed by atoms with Crippen LogP contribution in [0, 0.1) is 18.8 Å². The van der Waals surface area contributed by atoms with Gasteiger partial charge in [-0.15, -0.1) is 0 Å². The number of nitrogens with one attached hydrogen (secondary N) is 1. The lowest BCUT2D eigenvalue weighted by molar-refractivity contribution is -0.956. The molecule has 4 aliphatic heterocycles. The van der Waals surface area contributed by atoms with E-state index in [0.717, 1.165) is 49.0 Å². The zero-order valence-corrected chi connectivity index (χ0v) is 29.1. The van der Waals surface area contributed by atoms with Crippen molar-refractivity contribution >= 4 is 47.3 Å². The van der Waals surface area contributed by atoms with Gasteiger partial charge in [0.15, 0.2) is 5.66 Å². The van der Waals surface area contributed by atoms with Gasteiger partial charge in [-0.05, 0) is 100 Å². The van der Waals surface area contributed by atoms with Crippen LogP contribution in [0.5, 0.6) is 0 Å². The molecule has 0 bridgehead atoms. The molecule has 0 aromatic heterocycles. The highest BCUT2D eigenvalue weighted by Gasteiger charge is 2.61. The minimum Gasteiger partial charge on any atom is -0.498 e. The Labute approximate surface area is 288 Å². The van der Waals surface area contributed by atoms with Crippen LogP contribution in [0.1, 0.15) is 61.6 Å². The number of amides is 3. The fourth-order valence-corrected chi connectivity index (χ4v) is 9.63. The van der Waals surface area contributed by atoms with Crippen LogP contribution in [0.25, 0.3) is 0 Å². The standard InChI is InChI=1S/C36H47Cl2N5O4/c1-25-31(37)21-26(22-32(25)38)24-43(35(46)47)19-12-30(42-18-11-29-5-3-4-6-33(29)39-34(42)45)23-36(43,13-20-44)41-16-9-28(10-17-41)27-7-14-40(2)15-8-27/h3-6,20-22,27-28,30H,7-19,23-24H2,1-2H3,(H-,39,45,46,47)/t30?,36?,43-/m0/s1. The van der Waals surface area contributed by atoms with Crippen LogP contribution in [0.2, 0.25) is 10.0 Å². The van der Waals surface area contributed by atoms with E-state index >= 15 is 0 Å². The minimum absolute atomic E-state index is 0.0133. The molecule has 11 heteroatoms. The summed E-state index contributed by atoms with van der Waals surface area (Å²) in [7, 11) is 2.18. The van der Waals surface area contributed by atoms with E-state index in [2.05, 4.69) is 22.2 Å². The van der Waals surface area contributed by atoms with Crippen LogP contribution in [-0.2, 0) is 17.8 Å². The van der Waals surface area contributed by atoms with Crippen LogP contribution >= 0.6 is 23.2 Å². The molecule has 2 aromatic rings. The van der Waals surface area contributed by atoms with Gasteiger partial charge >= 0.3 is 6.03 Å². The third-order valence-corrected chi connectivity index (χ3v) is 12.7. The molecule has 2 aromatic carbocycles. The summed E-state index contributed by atoms with van der Waals surface area (Å²) in [5.74, 6) is 1.23. The lowest BCUT2D eigenvalue weighted by atomic mass is 9.76. The number of carboxylic acid groups (broad SMARTS) is 1. The van der Waals surface area contributed by atoms with Crippen LogP contribution in [0.4, 0.5) is 15.3 Å². The lowest BCUT2D eigenvalue weighted by Crippen LogP contribution is -2.80. The highest BCUT2D eigenvalue weighted by atomic mass is 35.5. The molecule has 2 unspecified atom stereocenters. The predicted molar refractivity (Wildman–Crippen MR) is 182 cm³/mol. The van der Waals surface area contributed by atoms with Crippen molar-refractivity contribution in [3.8, 4) is 0 Å².